The van der Waals surface area contributed by atoms with E-state index in [-0.39, 0.29) is 42.0 Å². The van der Waals surface area contributed by atoms with Gasteiger partial charge in [-0.3, -0.25) is 4.79 Å². The van der Waals surface area contributed by atoms with E-state index in [1.807, 2.05) is 32.1 Å². The Morgan fingerprint density at radius 2 is 1.75 bits per heavy atom. The molecule has 2 atom stereocenters. The molecule has 2 fully saturated rings. The number of nitrogens with zero attached hydrogens (tertiary/aromatic N) is 3. The lowest BCUT2D eigenvalue weighted by Crippen LogP contribution is -2.39. The number of methoxy groups -OCH3 is 1. The first-order chi connectivity index (χ1) is 22.9. The van der Waals surface area contributed by atoms with E-state index in [2.05, 4.69) is 33.0 Å². The molecular formula is C38H44N4O6. The van der Waals surface area contributed by atoms with E-state index in [1.54, 1.807) is 0 Å². The number of fused-ring (bicyclic) bond motifs is 5. The van der Waals surface area contributed by atoms with Crippen molar-refractivity contribution >= 4 is 23.1 Å². The van der Waals surface area contributed by atoms with Gasteiger partial charge in [0, 0.05) is 63.8 Å². The highest BCUT2D eigenvalue weighted by Crippen LogP contribution is 2.47. The number of aliphatic imine (C=N–C) groups is 3. The molecule has 0 saturated carbocycles. The van der Waals surface area contributed by atoms with E-state index in [1.165, 1.54) is 7.11 Å². The Morgan fingerprint density at radius 1 is 1.04 bits per heavy atom. The number of rotatable bonds is 6. The fourth-order valence-corrected chi connectivity index (χ4v) is 7.67. The van der Waals surface area contributed by atoms with Gasteiger partial charge in [-0.25, -0.2) is 15.0 Å². The van der Waals surface area contributed by atoms with Crippen LogP contribution in [-0.4, -0.2) is 66.5 Å². The molecule has 2 saturated heterocycles. The Labute approximate surface area is 281 Å². The van der Waals surface area contributed by atoms with Crippen LogP contribution in [0.2, 0.25) is 0 Å². The zero-order chi connectivity index (χ0) is 34.1. The number of carbonyl (C=O) groups excluding carboxylic acids is 1. The summed E-state index contributed by atoms with van der Waals surface area (Å²) >= 11 is 0. The first-order valence-corrected chi connectivity index (χ1v) is 16.8. The Morgan fingerprint density at radius 3 is 2.44 bits per heavy atom. The molecule has 0 radical (unpaired) electrons. The number of nitrogens with one attached hydrogen (secondary N) is 1. The minimum absolute atomic E-state index is 0.0182. The second-order valence-corrected chi connectivity index (χ2v) is 14.3. The first-order valence-electron chi connectivity index (χ1n) is 16.8. The summed E-state index contributed by atoms with van der Waals surface area (Å²) < 4.78 is 17.6. The van der Waals surface area contributed by atoms with Gasteiger partial charge in [0.25, 0.3) is 0 Å². The summed E-state index contributed by atoms with van der Waals surface area (Å²) in [6.07, 6.45) is 7.26. The van der Waals surface area contributed by atoms with Crippen molar-refractivity contribution in [3.63, 3.8) is 0 Å². The predicted octanol–water partition coefficient (Wildman–Crippen LogP) is 5.98. The van der Waals surface area contributed by atoms with Crippen LogP contribution in [0, 0.1) is 17.3 Å². The number of esters is 1. The molecule has 252 valence electrons. The van der Waals surface area contributed by atoms with Gasteiger partial charge in [0.15, 0.2) is 6.29 Å². The van der Waals surface area contributed by atoms with Gasteiger partial charge in [0.2, 0.25) is 0 Å². The van der Waals surface area contributed by atoms with E-state index in [0.717, 1.165) is 73.2 Å². The molecule has 7 aliphatic rings. The van der Waals surface area contributed by atoms with Gasteiger partial charge in [-0.05, 0) is 61.6 Å². The standard InChI is InChI=1S/C38H44N4O6/c1-8-21-28-13-27-20(4)33-31(44)11-23(36(33)42-27)35-22(9-10-32(45)46-7)18(2)26(41-35)12-25-19(3)24(15-43)29(39-25)14-30(40-28)34(21)37-47-16-38(5,6)17-48-37/h12-14,18,22,37,41,43-44H,8-11,15-17H2,1-7H3/t18-,22-/m0/s1. The highest BCUT2D eigenvalue weighted by molar-refractivity contribution is 6.21. The maximum Gasteiger partial charge on any atom is 0.305 e. The number of aliphatic hydroxyl groups excluding tert-OH is 2. The van der Waals surface area contributed by atoms with Crippen molar-refractivity contribution < 1.29 is 29.2 Å². The summed E-state index contributed by atoms with van der Waals surface area (Å²) in [4.78, 5) is 27.6. The van der Waals surface area contributed by atoms with Crippen molar-refractivity contribution in [3.8, 4) is 0 Å². The van der Waals surface area contributed by atoms with Crippen LogP contribution in [0.15, 0.2) is 106 Å². The third-order valence-electron chi connectivity index (χ3n) is 10.5. The molecule has 0 amide bonds. The molecule has 6 heterocycles. The van der Waals surface area contributed by atoms with Crippen LogP contribution in [0.4, 0.5) is 0 Å². The molecule has 7 rings (SSSR count). The number of hydrogen-bond donors (Lipinski definition) is 3. The number of hydrogen-bond acceptors (Lipinski definition) is 10. The molecule has 3 N–H and O–H groups in total. The Kier molecular flexibility index (Phi) is 8.17. The number of allylic oxidation sites excluding steroid dienone is 10. The second-order valence-electron chi connectivity index (χ2n) is 14.3. The van der Waals surface area contributed by atoms with E-state index in [4.69, 9.17) is 29.2 Å². The molecule has 10 heteroatoms. The van der Waals surface area contributed by atoms with Crippen molar-refractivity contribution in [1.82, 2.24) is 5.32 Å². The van der Waals surface area contributed by atoms with Gasteiger partial charge in [-0.15, -0.1) is 0 Å². The van der Waals surface area contributed by atoms with Crippen molar-refractivity contribution in [2.24, 2.45) is 32.2 Å². The van der Waals surface area contributed by atoms with Crippen LogP contribution in [0.25, 0.3) is 0 Å². The molecule has 0 aromatic carbocycles. The maximum atomic E-state index is 12.3. The lowest BCUT2D eigenvalue weighted by molar-refractivity contribution is -0.200. The third-order valence-corrected chi connectivity index (χ3v) is 10.5. The van der Waals surface area contributed by atoms with E-state index >= 15 is 0 Å². The highest BCUT2D eigenvalue weighted by atomic mass is 16.7. The molecule has 10 nitrogen and oxygen atoms in total. The molecule has 0 aromatic heterocycles. The molecule has 0 aromatic rings. The molecule has 1 aliphatic carbocycles. The van der Waals surface area contributed by atoms with Gasteiger partial charge in [-0.1, -0.05) is 27.7 Å². The quantitative estimate of drug-likeness (QED) is 0.301. The van der Waals surface area contributed by atoms with Gasteiger partial charge in [-0.2, -0.15) is 0 Å². The van der Waals surface area contributed by atoms with Crippen LogP contribution >= 0.6 is 0 Å². The lowest BCUT2D eigenvalue weighted by Gasteiger charge is -2.35. The molecule has 8 bridgehead atoms. The first kappa shape index (κ1) is 32.4. The van der Waals surface area contributed by atoms with Gasteiger partial charge >= 0.3 is 5.97 Å². The molecule has 6 aliphatic heterocycles. The normalized spacial score (nSPS) is 26.6. The molecule has 0 unspecified atom stereocenters. The van der Waals surface area contributed by atoms with Crippen LogP contribution in [0.5, 0.6) is 0 Å². The molecule has 0 spiro atoms. The highest BCUT2D eigenvalue weighted by Gasteiger charge is 2.42. The fourth-order valence-electron chi connectivity index (χ4n) is 7.67. The number of carbonyl (C=O) groups is 1. The molecule has 48 heavy (non-hydrogen) atoms. The van der Waals surface area contributed by atoms with Crippen LogP contribution in [0.3, 0.4) is 0 Å². The van der Waals surface area contributed by atoms with Crippen LogP contribution < -0.4 is 5.32 Å². The summed E-state index contributed by atoms with van der Waals surface area (Å²) in [7, 11) is 1.41. The average Bonchev–Trinajstić information content (AvgIpc) is 3.82. The predicted molar refractivity (Wildman–Crippen MR) is 184 cm³/mol. The minimum atomic E-state index is -0.596. The second kappa shape index (κ2) is 12.1. The number of aliphatic hydroxyl groups is 2. The van der Waals surface area contributed by atoms with Crippen molar-refractivity contribution in [1.29, 1.82) is 0 Å². The third kappa shape index (κ3) is 5.30. The van der Waals surface area contributed by atoms with Crippen molar-refractivity contribution in [2.75, 3.05) is 26.9 Å². The van der Waals surface area contributed by atoms with Crippen molar-refractivity contribution in [3.05, 3.63) is 91.5 Å². The summed E-state index contributed by atoms with van der Waals surface area (Å²) in [5.74, 6) is 0.0147. The topological polar surface area (TPSA) is 134 Å². The lowest BCUT2D eigenvalue weighted by atomic mass is 9.86. The molecular weight excluding hydrogens is 608 g/mol. The summed E-state index contributed by atoms with van der Waals surface area (Å²) in [6.45, 7) is 13.4. The van der Waals surface area contributed by atoms with Crippen LogP contribution in [0.1, 0.15) is 67.2 Å². The minimum Gasteiger partial charge on any atom is -0.511 e. The van der Waals surface area contributed by atoms with Gasteiger partial charge in [0.1, 0.15) is 5.76 Å². The monoisotopic (exact) mass is 652 g/mol. The van der Waals surface area contributed by atoms with E-state index in [0.29, 0.717) is 43.9 Å². The number of ether oxygens (including phenoxy) is 3. The van der Waals surface area contributed by atoms with E-state index < -0.39 is 6.29 Å². The van der Waals surface area contributed by atoms with Crippen molar-refractivity contribution in [2.45, 2.75) is 73.5 Å². The Bertz CT molecular complexity index is 1860. The summed E-state index contributed by atoms with van der Waals surface area (Å²) in [6, 6.07) is 0. The van der Waals surface area contributed by atoms with Gasteiger partial charge < -0.3 is 29.7 Å². The van der Waals surface area contributed by atoms with Crippen LogP contribution in [-0.2, 0) is 19.0 Å². The summed E-state index contributed by atoms with van der Waals surface area (Å²) in [5, 5.41) is 25.6. The largest absolute Gasteiger partial charge is 0.511 e. The Hall–Kier alpha value is -4.12. The fraction of sp³-hybridized carbons (Fsp3) is 0.474. The average molecular weight is 653 g/mol. The SMILES string of the molecule is CCC1=C(C2OCC(C)(C)CO2)C2=NC1=CC1=C(C)C3=C(O)CC(=C4NC(=CC5=NC(=C2)C(CO)=C5C)[C@@H](C)[C@@H]4CCC(=O)OC)C3=N1. The van der Waals surface area contributed by atoms with Gasteiger partial charge in [0.05, 0.1) is 61.2 Å². The zero-order valence-electron chi connectivity index (χ0n) is 28.8. The zero-order valence-corrected chi connectivity index (χ0v) is 28.8. The summed E-state index contributed by atoms with van der Waals surface area (Å²) in [5.41, 5.74) is 12.2. The maximum absolute atomic E-state index is 12.3. The Balaban J connectivity index is 1.44. The smallest absolute Gasteiger partial charge is 0.305 e. The van der Waals surface area contributed by atoms with E-state index in [9.17, 15) is 15.0 Å².